The summed E-state index contributed by atoms with van der Waals surface area (Å²) >= 11 is 0. The van der Waals surface area contributed by atoms with Gasteiger partial charge in [-0.25, -0.2) is 0 Å². The molecule has 1 N–H and O–H groups in total. The monoisotopic (exact) mass is 424 g/mol. The highest BCUT2D eigenvalue weighted by molar-refractivity contribution is 5.98. The van der Waals surface area contributed by atoms with Gasteiger partial charge in [0.2, 0.25) is 0 Å². The van der Waals surface area contributed by atoms with E-state index in [0.717, 1.165) is 49.5 Å². The Bertz CT molecular complexity index is 781. The Morgan fingerprint density at radius 1 is 1.19 bits per heavy atom. The molecular weight excluding hydrogens is 380 g/mol. The molecule has 3 saturated carbocycles. The number of unbranched alkanes of at least 4 members (excludes halogenated alkanes) is 1. The number of fused-ring (bicyclic) bond motifs is 3. The van der Waals surface area contributed by atoms with Gasteiger partial charge < -0.3 is 5.11 Å². The summed E-state index contributed by atoms with van der Waals surface area (Å²) in [6.07, 6.45) is 12.9. The lowest BCUT2D eigenvalue weighted by molar-refractivity contribution is -0.0359. The van der Waals surface area contributed by atoms with E-state index >= 15 is 0 Å². The summed E-state index contributed by atoms with van der Waals surface area (Å²) in [5.74, 6) is 3.60. The summed E-state index contributed by atoms with van der Waals surface area (Å²) in [7, 11) is 0. The summed E-state index contributed by atoms with van der Waals surface area (Å²) in [5.41, 5.74) is 1.80. The molecule has 31 heavy (non-hydrogen) atoms. The van der Waals surface area contributed by atoms with Gasteiger partial charge in [-0.3, -0.25) is 4.79 Å². The third-order valence-electron chi connectivity index (χ3n) is 9.55. The Morgan fingerprint density at radius 2 is 2.00 bits per heavy atom. The van der Waals surface area contributed by atoms with E-state index in [9.17, 15) is 9.90 Å². The van der Waals surface area contributed by atoms with Gasteiger partial charge in [-0.1, -0.05) is 56.9 Å². The third kappa shape index (κ3) is 4.65. The molecule has 2 heteroatoms. The molecular formula is C29H44O2. The Balaban J connectivity index is 1.42. The van der Waals surface area contributed by atoms with Crippen LogP contribution in [0.25, 0.3) is 0 Å². The largest absolute Gasteiger partial charge is 0.390 e. The van der Waals surface area contributed by atoms with Crippen molar-refractivity contribution < 1.29 is 9.90 Å². The van der Waals surface area contributed by atoms with Crippen LogP contribution in [0.15, 0.2) is 24.3 Å². The van der Waals surface area contributed by atoms with E-state index in [2.05, 4.69) is 39.8 Å². The molecule has 2 nitrogen and oxygen atoms in total. The molecule has 0 radical (unpaired) electrons. The molecule has 0 aromatic heterocycles. The van der Waals surface area contributed by atoms with Gasteiger partial charge in [-0.15, -0.1) is 0 Å². The van der Waals surface area contributed by atoms with Crippen LogP contribution in [0.1, 0.15) is 107 Å². The van der Waals surface area contributed by atoms with E-state index in [-0.39, 0.29) is 11.3 Å². The van der Waals surface area contributed by atoms with Crippen molar-refractivity contribution in [3.05, 3.63) is 35.4 Å². The molecule has 1 aromatic carbocycles. The molecule has 3 aliphatic carbocycles. The van der Waals surface area contributed by atoms with Gasteiger partial charge in [0.15, 0.2) is 5.78 Å². The maximum atomic E-state index is 13.5. The van der Waals surface area contributed by atoms with Crippen LogP contribution in [0.2, 0.25) is 0 Å². The van der Waals surface area contributed by atoms with E-state index in [1.165, 1.54) is 44.1 Å². The molecule has 0 heterocycles. The lowest BCUT2D eigenvalue weighted by Crippen LogP contribution is -2.45. The highest BCUT2D eigenvalue weighted by Gasteiger charge is 2.56. The van der Waals surface area contributed by atoms with Crippen LogP contribution < -0.4 is 0 Å². The van der Waals surface area contributed by atoms with Gasteiger partial charge in [0, 0.05) is 11.5 Å². The van der Waals surface area contributed by atoms with Crippen molar-refractivity contribution in [1.82, 2.24) is 0 Å². The molecule has 3 aliphatic rings. The van der Waals surface area contributed by atoms with Crippen molar-refractivity contribution >= 4 is 5.78 Å². The van der Waals surface area contributed by atoms with Crippen LogP contribution in [0.3, 0.4) is 0 Å². The van der Waals surface area contributed by atoms with Crippen LogP contribution in [-0.4, -0.2) is 16.5 Å². The fourth-order valence-electron chi connectivity index (χ4n) is 7.97. The van der Waals surface area contributed by atoms with E-state index < -0.39 is 5.60 Å². The zero-order valence-electron chi connectivity index (χ0n) is 20.3. The van der Waals surface area contributed by atoms with Gasteiger partial charge in [-0.05, 0) is 100 Å². The number of carbonyl (C=O) groups is 1. The van der Waals surface area contributed by atoms with Crippen molar-refractivity contribution in [3.8, 4) is 0 Å². The first-order valence-electron chi connectivity index (χ1n) is 13.1. The Hall–Kier alpha value is -1.15. The standard InChI is InChI=1S/C29H44O2/c1-5-6-15-28(3,31)19-21-10-11-24-22(18-21)14-16-29(4)25(24)12-13-26(29)27(30)23-9-7-8-20(2)17-23/h7-9,17,21-22,24-26,31H,5-6,10-16,18-19H2,1-4H3/t21-,22+,24+,25-,26+,28?,29-/m0/s1. The third-order valence-corrected chi connectivity index (χ3v) is 9.55. The summed E-state index contributed by atoms with van der Waals surface area (Å²) < 4.78 is 0. The topological polar surface area (TPSA) is 37.3 Å². The van der Waals surface area contributed by atoms with Gasteiger partial charge in [0.25, 0.3) is 0 Å². The quantitative estimate of drug-likeness (QED) is 0.464. The summed E-state index contributed by atoms with van der Waals surface area (Å²) in [4.78, 5) is 13.5. The molecule has 0 amide bonds. The molecule has 7 atom stereocenters. The molecule has 172 valence electrons. The number of benzene rings is 1. The minimum atomic E-state index is -0.491. The minimum absolute atomic E-state index is 0.182. The van der Waals surface area contributed by atoms with Gasteiger partial charge in [0.1, 0.15) is 0 Å². The highest BCUT2D eigenvalue weighted by atomic mass is 16.3. The fraction of sp³-hybridized carbons (Fsp3) is 0.759. The van der Waals surface area contributed by atoms with Crippen LogP contribution in [-0.2, 0) is 0 Å². The highest BCUT2D eigenvalue weighted by Crippen LogP contribution is 2.62. The summed E-state index contributed by atoms with van der Waals surface area (Å²) in [5, 5.41) is 10.9. The van der Waals surface area contributed by atoms with Crippen molar-refractivity contribution in [2.45, 2.75) is 104 Å². The molecule has 0 saturated heterocycles. The van der Waals surface area contributed by atoms with E-state index in [1.54, 1.807) is 0 Å². The molecule has 0 bridgehead atoms. The predicted octanol–water partition coefficient (Wildman–Crippen LogP) is 7.37. The van der Waals surface area contributed by atoms with Crippen LogP contribution in [0.5, 0.6) is 0 Å². The first-order valence-corrected chi connectivity index (χ1v) is 13.1. The average Bonchev–Trinajstić information content (AvgIpc) is 3.09. The second-order valence-electron chi connectivity index (χ2n) is 11.9. The van der Waals surface area contributed by atoms with Crippen LogP contribution in [0, 0.1) is 41.9 Å². The van der Waals surface area contributed by atoms with Gasteiger partial charge >= 0.3 is 0 Å². The second-order valence-corrected chi connectivity index (χ2v) is 11.9. The molecule has 4 rings (SSSR count). The molecule has 3 fully saturated rings. The Kier molecular flexibility index (Phi) is 6.69. The van der Waals surface area contributed by atoms with Crippen molar-refractivity contribution in [2.75, 3.05) is 0 Å². The molecule has 1 unspecified atom stereocenters. The minimum Gasteiger partial charge on any atom is -0.390 e. The van der Waals surface area contributed by atoms with Crippen molar-refractivity contribution in [3.63, 3.8) is 0 Å². The SMILES string of the molecule is CCCCC(C)(O)C[C@H]1CC[C@@H]2[C@H](CC[C@]3(C)[C@@H](C(=O)c4cccc(C)c4)CC[C@@H]23)C1. The summed E-state index contributed by atoms with van der Waals surface area (Å²) in [6, 6.07) is 8.22. The molecule has 0 spiro atoms. The Morgan fingerprint density at radius 3 is 2.74 bits per heavy atom. The lowest BCUT2D eigenvalue weighted by atomic mass is 9.53. The normalized spacial score (nSPS) is 37.0. The first-order chi connectivity index (χ1) is 14.7. The van der Waals surface area contributed by atoms with Crippen LogP contribution >= 0.6 is 0 Å². The number of hydrogen-bond acceptors (Lipinski definition) is 2. The maximum absolute atomic E-state index is 13.5. The number of aryl methyl sites for hydroxylation is 1. The number of Topliss-reactive ketones (excluding diaryl/α,β-unsaturated/α-hetero) is 1. The van der Waals surface area contributed by atoms with Gasteiger partial charge in [-0.2, -0.15) is 0 Å². The number of aliphatic hydroxyl groups is 1. The average molecular weight is 425 g/mol. The number of carbonyl (C=O) groups excluding carboxylic acids is 1. The number of rotatable bonds is 7. The van der Waals surface area contributed by atoms with E-state index in [4.69, 9.17) is 0 Å². The maximum Gasteiger partial charge on any atom is 0.166 e. The van der Waals surface area contributed by atoms with Crippen molar-refractivity contribution in [1.29, 1.82) is 0 Å². The lowest BCUT2D eigenvalue weighted by Gasteiger charge is -2.52. The second kappa shape index (κ2) is 9.00. The zero-order chi connectivity index (χ0) is 22.2. The first kappa shape index (κ1) is 23.0. The zero-order valence-corrected chi connectivity index (χ0v) is 20.3. The molecule has 1 aromatic rings. The Labute approximate surface area is 190 Å². The summed E-state index contributed by atoms with van der Waals surface area (Å²) in [6.45, 7) is 8.80. The smallest absolute Gasteiger partial charge is 0.166 e. The van der Waals surface area contributed by atoms with E-state index in [1.807, 2.05) is 12.1 Å². The predicted molar refractivity (Wildman–Crippen MR) is 128 cm³/mol. The van der Waals surface area contributed by atoms with Gasteiger partial charge in [0.05, 0.1) is 5.60 Å². The van der Waals surface area contributed by atoms with Crippen LogP contribution in [0.4, 0.5) is 0 Å². The molecule has 0 aliphatic heterocycles. The van der Waals surface area contributed by atoms with Crippen molar-refractivity contribution in [2.24, 2.45) is 35.0 Å². The van der Waals surface area contributed by atoms with E-state index in [0.29, 0.717) is 17.6 Å². The number of ketones is 1. The number of hydrogen-bond donors (Lipinski definition) is 1. The fourth-order valence-corrected chi connectivity index (χ4v) is 7.97.